The van der Waals surface area contributed by atoms with Crippen molar-refractivity contribution in [2.45, 2.75) is 37.8 Å². The minimum absolute atomic E-state index is 0. The molecule has 1 aromatic carbocycles. The molecule has 1 N–H and O–H groups in total. The number of benzene rings is 1. The second-order valence-electron chi connectivity index (χ2n) is 6.67. The summed E-state index contributed by atoms with van der Waals surface area (Å²) in [6.07, 6.45) is 2.72. The van der Waals surface area contributed by atoms with Crippen LogP contribution >= 0.6 is 35.5 Å². The molecule has 0 atom stereocenters. The van der Waals surface area contributed by atoms with Crippen molar-refractivity contribution < 1.29 is 14.3 Å². The van der Waals surface area contributed by atoms with Gasteiger partial charge < -0.3 is 10.1 Å². The molecule has 1 aromatic heterocycles. The van der Waals surface area contributed by atoms with Crippen LogP contribution in [0.25, 0.3) is 0 Å². The summed E-state index contributed by atoms with van der Waals surface area (Å²) in [6.45, 7) is 6.02. The highest BCUT2D eigenvalue weighted by atomic mass is 35.5. The number of esters is 1. The summed E-state index contributed by atoms with van der Waals surface area (Å²) in [6, 6.07) is 7.91. The van der Waals surface area contributed by atoms with Gasteiger partial charge in [0.1, 0.15) is 5.00 Å². The SMILES string of the molecule is COC(=O)c1c(NC(=O)c2ccccc2SC)sc2c1CCN(C(C)C)C2.Cl. The molecule has 0 saturated carbocycles. The highest BCUT2D eigenvalue weighted by Gasteiger charge is 2.30. The Labute approximate surface area is 180 Å². The lowest BCUT2D eigenvalue weighted by molar-refractivity contribution is 0.0600. The first-order valence-corrected chi connectivity index (χ1v) is 10.9. The monoisotopic (exact) mass is 440 g/mol. The number of carbonyl (C=O) groups is 2. The lowest BCUT2D eigenvalue weighted by Crippen LogP contribution is -2.35. The zero-order valence-corrected chi connectivity index (χ0v) is 18.9. The van der Waals surface area contributed by atoms with Crippen molar-refractivity contribution in [1.29, 1.82) is 0 Å². The number of methoxy groups -OCH3 is 1. The molecule has 28 heavy (non-hydrogen) atoms. The fourth-order valence-electron chi connectivity index (χ4n) is 3.27. The molecule has 0 bridgehead atoms. The number of nitrogens with zero attached hydrogens (tertiary/aromatic N) is 1. The van der Waals surface area contributed by atoms with E-state index >= 15 is 0 Å². The number of nitrogens with one attached hydrogen (secondary N) is 1. The predicted molar refractivity (Wildman–Crippen MR) is 118 cm³/mol. The van der Waals surface area contributed by atoms with E-state index in [2.05, 4.69) is 24.1 Å². The quantitative estimate of drug-likeness (QED) is 0.539. The molecule has 2 aromatic rings. The van der Waals surface area contributed by atoms with E-state index < -0.39 is 0 Å². The van der Waals surface area contributed by atoms with Crippen LogP contribution in [0.15, 0.2) is 29.2 Å². The van der Waals surface area contributed by atoms with Crippen molar-refractivity contribution in [2.24, 2.45) is 0 Å². The van der Waals surface area contributed by atoms with Crippen molar-refractivity contribution in [1.82, 2.24) is 4.90 Å². The Bertz CT molecular complexity index is 867. The molecule has 0 spiro atoms. The van der Waals surface area contributed by atoms with Crippen LogP contribution in [0.1, 0.15) is 45.0 Å². The number of halogens is 1. The van der Waals surface area contributed by atoms with E-state index in [1.54, 1.807) is 6.07 Å². The molecule has 0 saturated heterocycles. The fraction of sp³-hybridized carbons (Fsp3) is 0.400. The Morgan fingerprint density at radius 1 is 1.29 bits per heavy atom. The molecule has 0 aliphatic carbocycles. The van der Waals surface area contributed by atoms with Crippen molar-refractivity contribution in [3.63, 3.8) is 0 Å². The smallest absolute Gasteiger partial charge is 0.341 e. The van der Waals surface area contributed by atoms with Crippen LogP contribution in [0.2, 0.25) is 0 Å². The molecule has 3 rings (SSSR count). The third-order valence-corrected chi connectivity index (χ3v) is 6.71. The first-order chi connectivity index (χ1) is 13.0. The summed E-state index contributed by atoms with van der Waals surface area (Å²) in [5.41, 5.74) is 2.13. The van der Waals surface area contributed by atoms with E-state index in [4.69, 9.17) is 4.74 Å². The maximum Gasteiger partial charge on any atom is 0.341 e. The van der Waals surface area contributed by atoms with E-state index in [-0.39, 0.29) is 24.3 Å². The summed E-state index contributed by atoms with van der Waals surface area (Å²) in [5.74, 6) is -0.594. The van der Waals surface area contributed by atoms with E-state index in [0.717, 1.165) is 34.8 Å². The van der Waals surface area contributed by atoms with Gasteiger partial charge in [-0.15, -0.1) is 35.5 Å². The van der Waals surface area contributed by atoms with Gasteiger partial charge in [0.05, 0.1) is 18.2 Å². The van der Waals surface area contributed by atoms with Crippen LogP contribution < -0.4 is 5.32 Å². The van der Waals surface area contributed by atoms with E-state index in [1.807, 2.05) is 24.5 Å². The molecule has 1 aliphatic heterocycles. The summed E-state index contributed by atoms with van der Waals surface area (Å²) in [5, 5.41) is 3.55. The lowest BCUT2D eigenvalue weighted by atomic mass is 10.0. The van der Waals surface area contributed by atoms with Gasteiger partial charge in [-0.05, 0) is 44.2 Å². The number of hydrogen-bond donors (Lipinski definition) is 1. The molecule has 5 nitrogen and oxygen atoms in total. The minimum atomic E-state index is -0.390. The van der Waals surface area contributed by atoms with Gasteiger partial charge in [-0.3, -0.25) is 9.69 Å². The molecular formula is C20H25ClN2O3S2. The maximum absolute atomic E-state index is 12.9. The summed E-state index contributed by atoms with van der Waals surface area (Å²) in [4.78, 5) is 29.7. The molecule has 1 amide bonds. The summed E-state index contributed by atoms with van der Waals surface area (Å²) in [7, 11) is 1.38. The second-order valence-corrected chi connectivity index (χ2v) is 8.62. The minimum Gasteiger partial charge on any atom is -0.465 e. The molecule has 0 radical (unpaired) electrons. The highest BCUT2D eigenvalue weighted by molar-refractivity contribution is 7.98. The molecule has 8 heteroatoms. The zero-order chi connectivity index (χ0) is 19.6. The Balaban J connectivity index is 0.00000280. The molecule has 1 aliphatic rings. The first-order valence-electron chi connectivity index (χ1n) is 8.87. The second kappa shape index (κ2) is 9.78. The van der Waals surface area contributed by atoms with Gasteiger partial charge in [0.15, 0.2) is 0 Å². The van der Waals surface area contributed by atoms with E-state index in [1.165, 1.54) is 30.2 Å². The standard InChI is InChI=1S/C20H24N2O3S2.ClH/c1-12(2)22-10-9-13-16(11-22)27-19(17(13)20(24)25-3)21-18(23)14-7-5-6-8-15(14)26-4;/h5-8,12H,9-11H2,1-4H3,(H,21,23);1H. The van der Waals surface area contributed by atoms with E-state index in [0.29, 0.717) is 22.2 Å². The Morgan fingerprint density at radius 2 is 2.00 bits per heavy atom. The van der Waals surface area contributed by atoms with Crippen molar-refractivity contribution in [3.05, 3.63) is 45.8 Å². The lowest BCUT2D eigenvalue weighted by Gasteiger charge is -2.30. The van der Waals surface area contributed by atoms with Crippen LogP contribution in [-0.2, 0) is 17.7 Å². The Hall–Kier alpha value is -1.54. The van der Waals surface area contributed by atoms with Crippen LogP contribution in [0.5, 0.6) is 0 Å². The third-order valence-electron chi connectivity index (χ3n) is 4.78. The Kier molecular flexibility index (Phi) is 7.95. The predicted octanol–water partition coefficient (Wildman–Crippen LogP) is 4.70. The maximum atomic E-state index is 12.9. The number of thiophene rings is 1. The van der Waals surface area contributed by atoms with Crippen molar-refractivity contribution in [3.8, 4) is 0 Å². The van der Waals surface area contributed by atoms with Crippen molar-refractivity contribution in [2.75, 3.05) is 25.2 Å². The topological polar surface area (TPSA) is 58.6 Å². The average Bonchev–Trinajstić information content (AvgIpc) is 3.03. The largest absolute Gasteiger partial charge is 0.465 e. The highest BCUT2D eigenvalue weighted by Crippen LogP contribution is 2.38. The van der Waals surface area contributed by atoms with E-state index in [9.17, 15) is 9.59 Å². The molecule has 0 unspecified atom stereocenters. The van der Waals surface area contributed by atoms with Crippen LogP contribution in [0, 0.1) is 0 Å². The number of fused-ring (bicyclic) bond motifs is 1. The third kappa shape index (κ3) is 4.54. The number of amides is 1. The molecule has 2 heterocycles. The van der Waals surface area contributed by atoms with Gasteiger partial charge in [0.2, 0.25) is 0 Å². The number of hydrogen-bond acceptors (Lipinski definition) is 6. The van der Waals surface area contributed by atoms with Crippen LogP contribution in [-0.4, -0.2) is 42.7 Å². The van der Waals surface area contributed by atoms with Gasteiger partial charge in [-0.1, -0.05) is 12.1 Å². The summed E-state index contributed by atoms with van der Waals surface area (Å²) < 4.78 is 5.01. The zero-order valence-electron chi connectivity index (χ0n) is 16.4. The number of thioether (sulfide) groups is 1. The van der Waals surface area contributed by atoms with Crippen LogP contribution in [0.4, 0.5) is 5.00 Å². The number of rotatable bonds is 5. The number of carbonyl (C=O) groups excluding carboxylic acids is 2. The van der Waals surface area contributed by atoms with Crippen LogP contribution in [0.3, 0.4) is 0 Å². The van der Waals surface area contributed by atoms with Gasteiger partial charge in [0.25, 0.3) is 5.91 Å². The Morgan fingerprint density at radius 3 is 2.64 bits per heavy atom. The molecular weight excluding hydrogens is 416 g/mol. The summed E-state index contributed by atoms with van der Waals surface area (Å²) >= 11 is 3.01. The molecule has 152 valence electrons. The number of anilines is 1. The van der Waals surface area contributed by atoms with Crippen molar-refractivity contribution >= 4 is 52.4 Å². The molecule has 0 fully saturated rings. The fourth-order valence-corrected chi connectivity index (χ4v) is 5.12. The van der Waals surface area contributed by atoms with Gasteiger partial charge in [0, 0.05) is 28.9 Å². The van der Waals surface area contributed by atoms with Gasteiger partial charge >= 0.3 is 5.97 Å². The van der Waals surface area contributed by atoms with Gasteiger partial charge in [-0.25, -0.2) is 4.79 Å². The number of ether oxygens (including phenoxy) is 1. The average molecular weight is 441 g/mol. The first kappa shape index (κ1) is 22.7. The normalized spacial score (nSPS) is 13.6. The van der Waals surface area contributed by atoms with Gasteiger partial charge in [-0.2, -0.15) is 0 Å².